The number of hydrogen-bond donors (Lipinski definition) is 2. The van der Waals surface area contributed by atoms with Crippen molar-refractivity contribution in [3.05, 3.63) is 64.6 Å². The Morgan fingerprint density at radius 1 is 1.16 bits per heavy atom. The van der Waals surface area contributed by atoms with Crippen LogP contribution in [0.2, 0.25) is 5.02 Å². The molecule has 200 valence electrons. The molecule has 0 radical (unpaired) electrons. The normalized spacial score (nSPS) is 13.6. The zero-order valence-corrected chi connectivity index (χ0v) is 21.8. The summed E-state index contributed by atoms with van der Waals surface area (Å²) in [6.07, 6.45) is -1.28. The Balaban J connectivity index is 1.59. The van der Waals surface area contributed by atoms with Crippen LogP contribution in [0.25, 0.3) is 0 Å². The second-order valence-electron chi connectivity index (χ2n) is 8.47. The van der Waals surface area contributed by atoms with E-state index in [1.54, 1.807) is 6.20 Å². The number of benzene rings is 2. The highest BCUT2D eigenvalue weighted by Gasteiger charge is 2.35. The molecule has 1 aliphatic heterocycles. The van der Waals surface area contributed by atoms with Crippen LogP contribution in [-0.2, 0) is 12.7 Å². The van der Waals surface area contributed by atoms with Gasteiger partial charge in [-0.1, -0.05) is 23.4 Å². The standard InChI is InChI=1S/C24H21ClF4N6O2S/c1-12(2)35-20-13(10-30-22(33-20)38-3)11-34(23(35)37)15-5-7-18(26)19(9-15)32-21(36)31-14-4-6-17(25)16(8-14)24(27,28)29/h4-10,12H,11H2,1-3H3,(H2,31,32,36). The predicted octanol–water partition coefficient (Wildman–Crippen LogP) is 7.01. The number of nitrogens with zero attached hydrogens (tertiary/aromatic N) is 4. The summed E-state index contributed by atoms with van der Waals surface area (Å²) in [5, 5.41) is 4.49. The number of thioether (sulfide) groups is 1. The molecule has 8 nitrogen and oxygen atoms in total. The van der Waals surface area contributed by atoms with E-state index >= 15 is 0 Å². The highest BCUT2D eigenvalue weighted by molar-refractivity contribution is 7.98. The molecular formula is C24H21ClF4N6O2S. The molecule has 3 aromatic rings. The van der Waals surface area contributed by atoms with Gasteiger partial charge in [0.05, 0.1) is 22.8 Å². The monoisotopic (exact) mass is 568 g/mol. The van der Waals surface area contributed by atoms with Crippen molar-refractivity contribution in [1.82, 2.24) is 9.97 Å². The van der Waals surface area contributed by atoms with Gasteiger partial charge in [0.15, 0.2) is 5.16 Å². The van der Waals surface area contributed by atoms with Gasteiger partial charge >= 0.3 is 18.2 Å². The molecule has 2 heterocycles. The Kier molecular flexibility index (Phi) is 7.70. The Morgan fingerprint density at radius 3 is 2.55 bits per heavy atom. The average Bonchev–Trinajstić information content (AvgIpc) is 2.85. The third-order valence-corrected chi connectivity index (χ3v) is 6.44. The van der Waals surface area contributed by atoms with Gasteiger partial charge in [-0.15, -0.1) is 0 Å². The fourth-order valence-electron chi connectivity index (χ4n) is 3.81. The van der Waals surface area contributed by atoms with Crippen LogP contribution >= 0.6 is 23.4 Å². The first-order chi connectivity index (χ1) is 17.9. The largest absolute Gasteiger partial charge is 0.417 e. The number of amides is 4. The van der Waals surface area contributed by atoms with Crippen molar-refractivity contribution >= 4 is 58.3 Å². The van der Waals surface area contributed by atoms with E-state index in [0.717, 1.165) is 12.1 Å². The minimum atomic E-state index is -4.73. The molecule has 38 heavy (non-hydrogen) atoms. The lowest BCUT2D eigenvalue weighted by atomic mass is 10.1. The second kappa shape index (κ2) is 10.7. The first-order valence-electron chi connectivity index (χ1n) is 11.1. The van der Waals surface area contributed by atoms with E-state index in [1.165, 1.54) is 39.8 Å². The Labute approximate surface area is 224 Å². The van der Waals surface area contributed by atoms with Crippen molar-refractivity contribution in [2.45, 2.75) is 37.8 Å². The number of halogens is 5. The molecule has 0 saturated carbocycles. The molecule has 14 heteroatoms. The maximum Gasteiger partial charge on any atom is 0.417 e. The molecule has 4 amide bonds. The molecule has 1 aromatic heterocycles. The van der Waals surface area contributed by atoms with Crippen molar-refractivity contribution in [3.63, 3.8) is 0 Å². The average molecular weight is 569 g/mol. The molecule has 0 atom stereocenters. The Hall–Kier alpha value is -3.58. The lowest BCUT2D eigenvalue weighted by Gasteiger charge is -2.38. The quantitative estimate of drug-likeness (QED) is 0.196. The highest BCUT2D eigenvalue weighted by atomic mass is 35.5. The molecule has 4 rings (SSSR count). The van der Waals surface area contributed by atoms with E-state index in [-0.39, 0.29) is 29.6 Å². The number of hydrogen-bond acceptors (Lipinski definition) is 5. The highest BCUT2D eigenvalue weighted by Crippen LogP contribution is 2.37. The van der Waals surface area contributed by atoms with Crippen LogP contribution in [0.15, 0.2) is 47.8 Å². The summed E-state index contributed by atoms with van der Waals surface area (Å²) in [6.45, 7) is 3.76. The number of carbonyl (C=O) groups is 2. The third kappa shape index (κ3) is 5.63. The number of anilines is 4. The van der Waals surface area contributed by atoms with E-state index < -0.39 is 34.6 Å². The molecule has 2 aromatic carbocycles. The minimum absolute atomic E-state index is 0.105. The van der Waals surface area contributed by atoms with Gasteiger partial charge in [-0.05, 0) is 56.5 Å². The molecule has 0 saturated heterocycles. The molecule has 2 N–H and O–H groups in total. The van der Waals surface area contributed by atoms with Gasteiger partial charge in [-0.25, -0.2) is 23.9 Å². The number of alkyl halides is 3. The molecular weight excluding hydrogens is 548 g/mol. The van der Waals surface area contributed by atoms with Gasteiger partial charge in [0.25, 0.3) is 0 Å². The van der Waals surface area contributed by atoms with Gasteiger partial charge in [0, 0.05) is 29.2 Å². The van der Waals surface area contributed by atoms with Gasteiger partial charge in [-0.2, -0.15) is 13.2 Å². The summed E-state index contributed by atoms with van der Waals surface area (Å²) in [6, 6.07) is 4.91. The fourth-order valence-corrected chi connectivity index (χ4v) is 4.37. The van der Waals surface area contributed by atoms with Crippen molar-refractivity contribution in [2.24, 2.45) is 0 Å². The summed E-state index contributed by atoms with van der Waals surface area (Å²) >= 11 is 6.95. The molecule has 0 aliphatic carbocycles. The van der Waals surface area contributed by atoms with E-state index in [1.807, 2.05) is 20.1 Å². The smallest absolute Gasteiger partial charge is 0.308 e. The van der Waals surface area contributed by atoms with E-state index in [4.69, 9.17) is 11.6 Å². The molecule has 0 bridgehead atoms. The number of urea groups is 2. The lowest BCUT2D eigenvalue weighted by molar-refractivity contribution is -0.137. The summed E-state index contributed by atoms with van der Waals surface area (Å²) < 4.78 is 53.9. The summed E-state index contributed by atoms with van der Waals surface area (Å²) in [5.74, 6) is -0.323. The van der Waals surface area contributed by atoms with E-state index in [2.05, 4.69) is 20.6 Å². The Bertz CT molecular complexity index is 1400. The van der Waals surface area contributed by atoms with Crippen LogP contribution < -0.4 is 20.4 Å². The molecule has 0 spiro atoms. The maximum absolute atomic E-state index is 14.6. The van der Waals surface area contributed by atoms with Crippen LogP contribution in [0.3, 0.4) is 0 Å². The number of rotatable bonds is 5. The summed E-state index contributed by atoms with van der Waals surface area (Å²) in [4.78, 5) is 37.6. The van der Waals surface area contributed by atoms with Crippen molar-refractivity contribution in [2.75, 3.05) is 26.7 Å². The lowest BCUT2D eigenvalue weighted by Crippen LogP contribution is -2.51. The van der Waals surface area contributed by atoms with Gasteiger partial charge < -0.3 is 10.6 Å². The van der Waals surface area contributed by atoms with Crippen LogP contribution in [0.4, 0.5) is 50.0 Å². The van der Waals surface area contributed by atoms with Crippen LogP contribution in [-0.4, -0.2) is 34.3 Å². The molecule has 1 aliphatic rings. The molecule has 0 unspecified atom stereocenters. The number of carbonyl (C=O) groups excluding carboxylic acids is 2. The summed E-state index contributed by atoms with van der Waals surface area (Å²) in [7, 11) is 0. The van der Waals surface area contributed by atoms with Crippen molar-refractivity contribution in [1.29, 1.82) is 0 Å². The number of fused-ring (bicyclic) bond motifs is 1. The Morgan fingerprint density at radius 2 is 1.89 bits per heavy atom. The van der Waals surface area contributed by atoms with Crippen molar-refractivity contribution in [3.8, 4) is 0 Å². The summed E-state index contributed by atoms with van der Waals surface area (Å²) in [5.41, 5.74) is -0.652. The number of nitrogens with one attached hydrogen (secondary N) is 2. The van der Waals surface area contributed by atoms with E-state index in [0.29, 0.717) is 22.6 Å². The maximum atomic E-state index is 14.6. The second-order valence-corrected chi connectivity index (χ2v) is 9.65. The van der Waals surface area contributed by atoms with Gasteiger partial charge in [0.2, 0.25) is 0 Å². The first-order valence-corrected chi connectivity index (χ1v) is 12.7. The van der Waals surface area contributed by atoms with E-state index in [9.17, 15) is 27.2 Å². The van der Waals surface area contributed by atoms with Crippen LogP contribution in [0.5, 0.6) is 0 Å². The SMILES string of the molecule is CSc1ncc2c(n1)N(C(C)C)C(=O)N(c1ccc(F)c(NC(=O)Nc3ccc(Cl)c(C(F)(F)F)c3)c1)C2. The van der Waals surface area contributed by atoms with Crippen molar-refractivity contribution < 1.29 is 27.2 Å². The van der Waals surface area contributed by atoms with Gasteiger partial charge in [-0.3, -0.25) is 9.80 Å². The zero-order valence-electron chi connectivity index (χ0n) is 20.2. The third-order valence-electron chi connectivity index (χ3n) is 5.55. The van der Waals surface area contributed by atoms with Crippen LogP contribution in [0, 0.1) is 5.82 Å². The predicted molar refractivity (Wildman–Crippen MR) is 139 cm³/mol. The topological polar surface area (TPSA) is 90.5 Å². The molecule has 0 fully saturated rings. The first kappa shape index (κ1) is 27.5. The minimum Gasteiger partial charge on any atom is -0.308 e. The number of aromatic nitrogens is 2. The van der Waals surface area contributed by atoms with Gasteiger partial charge in [0.1, 0.15) is 11.6 Å². The van der Waals surface area contributed by atoms with Crippen LogP contribution in [0.1, 0.15) is 25.0 Å². The zero-order chi connectivity index (χ0) is 27.8. The fraction of sp³-hybridized carbons (Fsp3) is 0.250.